The van der Waals surface area contributed by atoms with Crippen LogP contribution in [0.4, 0.5) is 10.1 Å². The summed E-state index contributed by atoms with van der Waals surface area (Å²) in [6, 6.07) is 18.4. The number of carbonyl (C=O) groups is 1. The Morgan fingerprint density at radius 2 is 1.57 bits per heavy atom. The van der Waals surface area contributed by atoms with Crippen molar-refractivity contribution in [3.8, 4) is 0 Å². The molecule has 1 fully saturated rings. The van der Waals surface area contributed by atoms with Crippen LogP contribution in [0.1, 0.15) is 0 Å². The van der Waals surface area contributed by atoms with E-state index in [4.69, 9.17) is 0 Å². The SMILES string of the molecule is O=C(CN1CCN(S(=O)(=O)c2ccc3ccccc3c2)CC1)Nc1ccc(F)cc1. The first-order valence-corrected chi connectivity index (χ1v) is 11.1. The van der Waals surface area contributed by atoms with Gasteiger partial charge < -0.3 is 5.32 Å². The molecule has 0 bridgehead atoms. The van der Waals surface area contributed by atoms with Gasteiger partial charge in [-0.2, -0.15) is 4.31 Å². The van der Waals surface area contributed by atoms with E-state index in [0.717, 1.165) is 10.8 Å². The van der Waals surface area contributed by atoms with Crippen molar-refractivity contribution in [3.05, 3.63) is 72.5 Å². The zero-order valence-corrected chi connectivity index (χ0v) is 17.1. The highest BCUT2D eigenvalue weighted by atomic mass is 32.2. The maximum atomic E-state index is 13.0. The summed E-state index contributed by atoms with van der Waals surface area (Å²) in [5.74, 6) is -0.579. The van der Waals surface area contributed by atoms with Crippen LogP contribution in [0.5, 0.6) is 0 Å². The van der Waals surface area contributed by atoms with Gasteiger partial charge in [-0.25, -0.2) is 12.8 Å². The van der Waals surface area contributed by atoms with Crippen molar-refractivity contribution >= 4 is 32.4 Å². The lowest BCUT2D eigenvalue weighted by Gasteiger charge is -2.33. The molecule has 1 heterocycles. The highest BCUT2D eigenvalue weighted by Gasteiger charge is 2.29. The van der Waals surface area contributed by atoms with Crippen LogP contribution >= 0.6 is 0 Å². The van der Waals surface area contributed by atoms with Crippen LogP contribution in [0, 0.1) is 5.82 Å². The number of anilines is 1. The molecule has 0 spiro atoms. The molecule has 1 saturated heterocycles. The van der Waals surface area contributed by atoms with Gasteiger partial charge in [0.1, 0.15) is 5.82 Å². The zero-order chi connectivity index (χ0) is 21.1. The van der Waals surface area contributed by atoms with Gasteiger partial charge in [-0.1, -0.05) is 30.3 Å². The fraction of sp³-hybridized carbons (Fsp3) is 0.227. The summed E-state index contributed by atoms with van der Waals surface area (Å²) in [6.07, 6.45) is 0. The van der Waals surface area contributed by atoms with Crippen LogP contribution < -0.4 is 5.32 Å². The zero-order valence-electron chi connectivity index (χ0n) is 16.3. The van der Waals surface area contributed by atoms with E-state index in [0.29, 0.717) is 31.9 Å². The van der Waals surface area contributed by atoms with Gasteiger partial charge in [0.15, 0.2) is 0 Å². The molecule has 0 unspecified atom stereocenters. The van der Waals surface area contributed by atoms with Gasteiger partial charge in [0.2, 0.25) is 15.9 Å². The second-order valence-corrected chi connectivity index (χ2v) is 9.18. The summed E-state index contributed by atoms with van der Waals surface area (Å²) in [6.45, 7) is 1.71. The van der Waals surface area contributed by atoms with Gasteiger partial charge >= 0.3 is 0 Å². The van der Waals surface area contributed by atoms with E-state index in [1.807, 2.05) is 35.2 Å². The van der Waals surface area contributed by atoms with Crippen LogP contribution in [-0.2, 0) is 14.8 Å². The molecule has 30 heavy (non-hydrogen) atoms. The van der Waals surface area contributed by atoms with Gasteiger partial charge in [-0.05, 0) is 47.2 Å². The van der Waals surface area contributed by atoms with E-state index in [9.17, 15) is 17.6 Å². The lowest BCUT2D eigenvalue weighted by atomic mass is 10.1. The minimum absolute atomic E-state index is 0.154. The summed E-state index contributed by atoms with van der Waals surface area (Å²) in [5, 5.41) is 4.60. The fourth-order valence-electron chi connectivity index (χ4n) is 3.54. The van der Waals surface area contributed by atoms with Gasteiger partial charge in [0.25, 0.3) is 0 Å². The molecule has 1 aliphatic heterocycles. The molecule has 0 saturated carbocycles. The standard InChI is InChI=1S/C22H22FN3O3S/c23-19-6-8-20(9-7-19)24-22(27)16-25-11-13-26(14-12-25)30(28,29)21-10-5-17-3-1-2-4-18(17)15-21/h1-10,15H,11-14,16H2,(H,24,27). The second kappa shape index (κ2) is 8.51. The highest BCUT2D eigenvalue weighted by Crippen LogP contribution is 2.22. The summed E-state index contributed by atoms with van der Waals surface area (Å²) >= 11 is 0. The first-order chi connectivity index (χ1) is 14.4. The number of carbonyl (C=O) groups excluding carboxylic acids is 1. The van der Waals surface area contributed by atoms with Crippen molar-refractivity contribution in [3.63, 3.8) is 0 Å². The highest BCUT2D eigenvalue weighted by molar-refractivity contribution is 7.89. The minimum atomic E-state index is -3.59. The molecule has 0 radical (unpaired) electrons. The molecule has 156 valence electrons. The van der Waals surface area contributed by atoms with Gasteiger partial charge in [-0.15, -0.1) is 0 Å². The van der Waals surface area contributed by atoms with Gasteiger partial charge in [-0.3, -0.25) is 9.69 Å². The number of nitrogens with one attached hydrogen (secondary N) is 1. The van der Waals surface area contributed by atoms with Crippen molar-refractivity contribution in [1.82, 2.24) is 9.21 Å². The molecule has 1 amide bonds. The lowest BCUT2D eigenvalue weighted by molar-refractivity contribution is -0.117. The summed E-state index contributed by atoms with van der Waals surface area (Å²) in [4.78, 5) is 14.4. The number of rotatable bonds is 5. The Hall–Kier alpha value is -2.81. The Balaban J connectivity index is 1.36. The Morgan fingerprint density at radius 1 is 0.900 bits per heavy atom. The van der Waals surface area contributed by atoms with Crippen LogP contribution in [-0.4, -0.2) is 56.3 Å². The topological polar surface area (TPSA) is 69.7 Å². The lowest BCUT2D eigenvalue weighted by Crippen LogP contribution is -2.50. The van der Waals surface area contributed by atoms with Gasteiger partial charge in [0.05, 0.1) is 11.4 Å². The molecule has 3 aromatic rings. The largest absolute Gasteiger partial charge is 0.325 e. The minimum Gasteiger partial charge on any atom is -0.325 e. The first kappa shape index (κ1) is 20.5. The van der Waals surface area contributed by atoms with Crippen molar-refractivity contribution in [1.29, 1.82) is 0 Å². The second-order valence-electron chi connectivity index (χ2n) is 7.24. The average molecular weight is 428 g/mol. The number of sulfonamides is 1. The Kier molecular flexibility index (Phi) is 5.80. The molecule has 0 atom stereocenters. The predicted octanol–water partition coefficient (Wildman–Crippen LogP) is 2.92. The molecule has 0 aliphatic carbocycles. The maximum Gasteiger partial charge on any atom is 0.243 e. The third kappa shape index (κ3) is 4.51. The molecule has 3 aromatic carbocycles. The number of piperazine rings is 1. The Bertz CT molecular complexity index is 1160. The third-order valence-corrected chi connectivity index (χ3v) is 7.08. The molecule has 0 aromatic heterocycles. The van der Waals surface area contributed by atoms with Crippen LogP contribution in [0.25, 0.3) is 10.8 Å². The summed E-state index contributed by atoms with van der Waals surface area (Å²) in [7, 11) is -3.59. The third-order valence-electron chi connectivity index (χ3n) is 5.19. The number of benzene rings is 3. The van der Waals surface area contributed by atoms with E-state index in [-0.39, 0.29) is 23.2 Å². The monoisotopic (exact) mass is 427 g/mol. The van der Waals surface area contributed by atoms with E-state index in [2.05, 4.69) is 5.32 Å². The van der Waals surface area contributed by atoms with Crippen molar-refractivity contribution < 1.29 is 17.6 Å². The molecule has 8 heteroatoms. The Labute approximate surface area is 175 Å². The normalized spacial score (nSPS) is 15.9. The number of hydrogen-bond acceptors (Lipinski definition) is 4. The Morgan fingerprint density at radius 3 is 2.27 bits per heavy atom. The van der Waals surface area contributed by atoms with E-state index in [1.165, 1.54) is 28.6 Å². The van der Waals surface area contributed by atoms with E-state index < -0.39 is 10.0 Å². The summed E-state index contributed by atoms with van der Waals surface area (Å²) in [5.41, 5.74) is 0.527. The first-order valence-electron chi connectivity index (χ1n) is 9.68. The molecule has 1 aliphatic rings. The van der Waals surface area contributed by atoms with Crippen molar-refractivity contribution in [2.75, 3.05) is 38.0 Å². The maximum absolute atomic E-state index is 13.0. The molecule has 6 nitrogen and oxygen atoms in total. The molecule has 1 N–H and O–H groups in total. The van der Waals surface area contributed by atoms with Crippen LogP contribution in [0.15, 0.2) is 71.6 Å². The van der Waals surface area contributed by atoms with Crippen molar-refractivity contribution in [2.45, 2.75) is 4.90 Å². The number of halogens is 1. The predicted molar refractivity (Wildman–Crippen MR) is 114 cm³/mol. The smallest absolute Gasteiger partial charge is 0.243 e. The average Bonchev–Trinajstić information content (AvgIpc) is 2.75. The van der Waals surface area contributed by atoms with Crippen molar-refractivity contribution in [2.24, 2.45) is 0 Å². The summed E-state index contributed by atoms with van der Waals surface area (Å²) < 4.78 is 40.5. The fourth-order valence-corrected chi connectivity index (χ4v) is 5.00. The van der Waals surface area contributed by atoms with Gasteiger partial charge in [0, 0.05) is 31.9 Å². The quantitative estimate of drug-likeness (QED) is 0.680. The van der Waals surface area contributed by atoms with Crippen LogP contribution in [0.3, 0.4) is 0 Å². The van der Waals surface area contributed by atoms with Crippen LogP contribution in [0.2, 0.25) is 0 Å². The number of hydrogen-bond donors (Lipinski definition) is 1. The number of amides is 1. The number of fused-ring (bicyclic) bond motifs is 1. The molecular formula is C22H22FN3O3S. The molecule has 4 rings (SSSR count). The van der Waals surface area contributed by atoms with E-state index in [1.54, 1.807) is 12.1 Å². The number of nitrogens with zero attached hydrogens (tertiary/aromatic N) is 2. The van der Waals surface area contributed by atoms with E-state index >= 15 is 0 Å². The molecular weight excluding hydrogens is 405 g/mol.